The van der Waals surface area contributed by atoms with E-state index >= 15 is 0 Å². The smallest absolute Gasteiger partial charge is 0.250 e. The average molecular weight is 561 g/mol. The molecule has 0 spiro atoms. The van der Waals surface area contributed by atoms with E-state index < -0.39 is 31.5 Å². The third kappa shape index (κ3) is 6.25. The van der Waals surface area contributed by atoms with Crippen LogP contribution in [-0.4, -0.2) is 35.8 Å². The maximum absolute atomic E-state index is 6.79. The lowest BCUT2D eigenvalue weighted by atomic mass is 9.93. The summed E-state index contributed by atoms with van der Waals surface area (Å²) in [5.74, 6) is 0. The highest BCUT2D eigenvalue weighted by molar-refractivity contribution is 9.27. The first-order chi connectivity index (χ1) is 11.0. The Bertz CT molecular complexity index is 516. The summed E-state index contributed by atoms with van der Waals surface area (Å²) in [7, 11) is -5.84. The molecule has 0 aliphatic heterocycles. The second-order valence-corrected chi connectivity index (χ2v) is 35.3. The Labute approximate surface area is 185 Å². The average Bonchev–Trinajstić information content (AvgIpc) is 2.28. The predicted octanol–water partition coefficient (Wildman–Crippen LogP) is 8.39. The van der Waals surface area contributed by atoms with E-state index in [0.29, 0.717) is 9.70 Å². The first-order valence-electron chi connectivity index (χ1n) is 9.74. The molecule has 0 saturated heterocycles. The number of hydrogen-bond donors (Lipinski definition) is 0. The van der Waals surface area contributed by atoms with Crippen LogP contribution in [0.3, 0.4) is 0 Å². The Morgan fingerprint density at radius 1 is 0.808 bits per heavy atom. The Balaban J connectivity index is 6.62. The van der Waals surface area contributed by atoms with Gasteiger partial charge >= 0.3 is 0 Å². The number of hydrogen-bond acceptors (Lipinski definition) is 1. The van der Waals surface area contributed by atoms with Crippen molar-refractivity contribution in [1.82, 2.24) is 0 Å². The van der Waals surface area contributed by atoms with Crippen molar-refractivity contribution in [2.45, 2.75) is 110 Å². The molecule has 0 bridgehead atoms. The van der Waals surface area contributed by atoms with Gasteiger partial charge in [-0.3, -0.25) is 0 Å². The van der Waals surface area contributed by atoms with E-state index in [1.54, 1.807) is 0 Å². The van der Waals surface area contributed by atoms with E-state index in [1.807, 2.05) is 0 Å². The minimum absolute atomic E-state index is 0.214. The number of halogens is 2. The van der Waals surface area contributed by atoms with Gasteiger partial charge in [0.05, 0.1) is 0 Å². The largest absolute Gasteiger partial charge is 0.542 e. The summed E-state index contributed by atoms with van der Waals surface area (Å²) in [6.45, 7) is 34.4. The van der Waals surface area contributed by atoms with Gasteiger partial charge in [-0.15, -0.1) is 0 Å². The van der Waals surface area contributed by atoms with Gasteiger partial charge in [0, 0.05) is 16.1 Å². The van der Waals surface area contributed by atoms with Crippen molar-refractivity contribution in [2.75, 3.05) is 0 Å². The van der Waals surface area contributed by atoms with Gasteiger partial charge in [0.2, 0.25) is 0 Å². The van der Waals surface area contributed by atoms with Gasteiger partial charge in [0.15, 0.2) is 7.03 Å². The molecule has 0 aliphatic carbocycles. The van der Waals surface area contributed by atoms with Crippen LogP contribution in [0.15, 0.2) is 0 Å². The fourth-order valence-corrected chi connectivity index (χ4v) is 38.9. The quantitative estimate of drug-likeness (QED) is 0.234. The molecule has 0 fully saturated rings. The zero-order chi connectivity index (χ0) is 21.6. The molecular formula is C19H44Br2OSi4. The van der Waals surface area contributed by atoms with Crippen LogP contribution < -0.4 is 0 Å². The van der Waals surface area contributed by atoms with E-state index in [2.05, 4.69) is 125 Å². The molecule has 1 nitrogen and oxygen atoms in total. The minimum Gasteiger partial charge on any atom is -0.542 e. The van der Waals surface area contributed by atoms with Crippen LogP contribution in [-0.2, 0) is 4.43 Å². The molecule has 0 saturated carbocycles. The van der Waals surface area contributed by atoms with E-state index in [-0.39, 0.29) is 5.04 Å². The van der Waals surface area contributed by atoms with Crippen LogP contribution in [0, 0.1) is 5.41 Å². The summed E-state index contributed by atoms with van der Waals surface area (Å²) < 4.78 is 8.32. The first kappa shape index (κ1) is 27.5. The van der Waals surface area contributed by atoms with Gasteiger partial charge in [-0.25, -0.2) is 0 Å². The molecule has 0 aliphatic rings. The topological polar surface area (TPSA) is 9.23 Å². The fourth-order valence-electron chi connectivity index (χ4n) is 3.78. The van der Waals surface area contributed by atoms with Gasteiger partial charge in [0.25, 0.3) is 8.32 Å². The Morgan fingerprint density at radius 2 is 1.15 bits per heavy atom. The van der Waals surface area contributed by atoms with Crippen molar-refractivity contribution in [1.29, 1.82) is 0 Å². The van der Waals surface area contributed by atoms with Crippen molar-refractivity contribution in [3.8, 4) is 0 Å². The van der Waals surface area contributed by atoms with Crippen molar-refractivity contribution < 1.29 is 4.43 Å². The van der Waals surface area contributed by atoms with Gasteiger partial charge in [-0.1, -0.05) is 96.1 Å². The third-order valence-corrected chi connectivity index (χ3v) is 36.5. The molecule has 0 aromatic heterocycles. The van der Waals surface area contributed by atoms with E-state index in [4.69, 9.17) is 4.43 Å². The zero-order valence-corrected chi connectivity index (χ0v) is 27.0. The summed E-state index contributed by atoms with van der Waals surface area (Å²) in [4.78, 5) is 0. The van der Waals surface area contributed by atoms with Crippen molar-refractivity contribution in [2.24, 2.45) is 5.41 Å². The van der Waals surface area contributed by atoms with Crippen LogP contribution in [0.1, 0.15) is 48.0 Å². The van der Waals surface area contributed by atoms with E-state index in [0.717, 1.165) is 4.26 Å². The molecule has 0 radical (unpaired) electrons. The van der Waals surface area contributed by atoms with Gasteiger partial charge in [0.1, 0.15) is 4.26 Å². The van der Waals surface area contributed by atoms with E-state index in [9.17, 15) is 0 Å². The predicted molar refractivity (Wildman–Crippen MR) is 140 cm³/mol. The molecule has 7 heteroatoms. The van der Waals surface area contributed by atoms with Crippen LogP contribution in [0.25, 0.3) is 0 Å². The summed E-state index contributed by atoms with van der Waals surface area (Å²) in [5, 5.41) is 0.214. The Hall–Kier alpha value is 1.50. The molecule has 0 unspecified atom stereocenters. The molecule has 0 aromatic rings. The molecule has 0 N–H and O–H groups in total. The summed E-state index contributed by atoms with van der Waals surface area (Å²) >= 11 is 8.27. The minimum atomic E-state index is -1.84. The third-order valence-electron chi connectivity index (χ3n) is 6.05. The molecule has 0 amide bonds. The second-order valence-electron chi connectivity index (χ2n) is 12.6. The van der Waals surface area contributed by atoms with Gasteiger partial charge in [-0.05, 0) is 50.2 Å². The highest BCUT2D eigenvalue weighted by atomic mass is 79.9. The monoisotopic (exact) mass is 558 g/mol. The molecule has 26 heavy (non-hydrogen) atoms. The lowest BCUT2D eigenvalue weighted by Crippen LogP contribution is -2.61. The zero-order valence-electron chi connectivity index (χ0n) is 19.9. The molecule has 0 atom stereocenters. The van der Waals surface area contributed by atoms with Gasteiger partial charge < -0.3 is 4.43 Å². The van der Waals surface area contributed by atoms with E-state index in [1.165, 1.54) is 6.42 Å². The fraction of sp³-hybridized carbons (Fsp3) is 0.947. The molecule has 156 valence electrons. The second kappa shape index (κ2) is 8.32. The molecular weight excluding hydrogens is 516 g/mol. The lowest BCUT2D eigenvalue weighted by Gasteiger charge is -2.55. The van der Waals surface area contributed by atoms with Crippen LogP contribution in [0.4, 0.5) is 0 Å². The first-order valence-corrected chi connectivity index (χ1v) is 24.2. The molecule has 0 aromatic carbocycles. The van der Waals surface area contributed by atoms with Crippen molar-refractivity contribution in [3.05, 3.63) is 0 Å². The highest BCUT2D eigenvalue weighted by Crippen LogP contribution is 2.56. The highest BCUT2D eigenvalue weighted by Gasteiger charge is 2.57. The Morgan fingerprint density at radius 3 is 1.38 bits per heavy atom. The lowest BCUT2D eigenvalue weighted by molar-refractivity contribution is 0.371. The van der Waals surface area contributed by atoms with Crippen molar-refractivity contribution >= 4 is 67.0 Å². The van der Waals surface area contributed by atoms with Gasteiger partial charge in [-0.2, -0.15) is 0 Å². The summed E-state index contributed by atoms with van der Waals surface area (Å²) in [5.41, 5.74) is 0.314. The van der Waals surface area contributed by atoms with Crippen LogP contribution in [0.5, 0.6) is 0 Å². The standard InChI is InChI=1S/C19H44Br2OSi4/c1-17(2,3)15-19(24(7,8)9,25(10,11)12)23(21)16(20)22-26(13,14)18(4,5)6/h15H2,1-14H3/b23-16-. The van der Waals surface area contributed by atoms with Crippen LogP contribution in [0.2, 0.25) is 61.7 Å². The SMILES string of the molecule is CC(C)(C)CC(/[Si](Br)=C(\Br)O[Si](C)(C)C(C)(C)C)([Si](C)(C)C)[Si](C)(C)C. The maximum Gasteiger partial charge on any atom is 0.250 e. The molecule has 0 rings (SSSR count). The van der Waals surface area contributed by atoms with Crippen molar-refractivity contribution in [3.63, 3.8) is 0 Å². The summed E-state index contributed by atoms with van der Waals surface area (Å²) in [6.07, 6.45) is 1.28. The maximum atomic E-state index is 6.79. The van der Waals surface area contributed by atoms with Crippen LogP contribution >= 0.6 is 31.2 Å². The molecule has 0 heterocycles. The normalized spacial score (nSPS) is 16.5. The number of rotatable bonds is 6. The Kier molecular flexibility index (Phi) is 8.80. The summed E-state index contributed by atoms with van der Waals surface area (Å²) in [6, 6.07) is 0.